The highest BCUT2D eigenvalue weighted by Crippen LogP contribution is 2.14. The highest BCUT2D eigenvalue weighted by Gasteiger charge is 2.13. The van der Waals surface area contributed by atoms with Gasteiger partial charge in [-0.15, -0.1) is 0 Å². The fourth-order valence-corrected chi connectivity index (χ4v) is 1.42. The summed E-state index contributed by atoms with van der Waals surface area (Å²) in [5.41, 5.74) is 0.896. The molecule has 5 heteroatoms. The molecule has 0 saturated heterocycles. The Kier molecular flexibility index (Phi) is 3.58. The van der Waals surface area contributed by atoms with Crippen molar-refractivity contribution in [2.45, 2.75) is 18.9 Å². The van der Waals surface area contributed by atoms with E-state index in [0.29, 0.717) is 5.69 Å². The first kappa shape index (κ1) is 11.4. The van der Waals surface area contributed by atoms with Crippen LogP contribution in [0.15, 0.2) is 11.1 Å². The molecule has 0 amide bonds. The van der Waals surface area contributed by atoms with E-state index < -0.39 is 5.97 Å². The van der Waals surface area contributed by atoms with Crippen LogP contribution in [0.4, 0.5) is 0 Å². The van der Waals surface area contributed by atoms with Crippen molar-refractivity contribution in [2.75, 3.05) is 6.61 Å². The number of nitriles is 1. The molecular weight excluding hydrogens is 212 g/mol. The van der Waals surface area contributed by atoms with E-state index in [2.05, 4.69) is 4.98 Å². The van der Waals surface area contributed by atoms with Crippen molar-refractivity contribution in [3.63, 3.8) is 0 Å². The number of aryl methyl sites for hydroxylation is 1. The molecule has 0 radical (unpaired) electrons. The molecular formula is C10H9N2O2S-. The molecule has 0 aliphatic heterocycles. The van der Waals surface area contributed by atoms with Crippen LogP contribution in [0.3, 0.4) is 0 Å². The molecule has 0 fully saturated rings. The van der Waals surface area contributed by atoms with Gasteiger partial charge in [-0.05, 0) is 19.9 Å². The molecule has 0 aliphatic carbocycles. The molecule has 1 rings (SSSR count). The van der Waals surface area contributed by atoms with E-state index in [1.54, 1.807) is 13.8 Å². The van der Waals surface area contributed by atoms with E-state index in [4.69, 9.17) is 22.6 Å². The standard InChI is InChI=1S/C10H10N2O2S/c1-3-14-10(13)7-4-6(2)12-9(15)8(7)5-11/h4H,3H2,1-2H3,(H,12,15)/p-1. The summed E-state index contributed by atoms with van der Waals surface area (Å²) in [7, 11) is 0. The van der Waals surface area contributed by atoms with E-state index in [1.807, 2.05) is 6.07 Å². The number of carbonyl (C=O) groups is 1. The minimum Gasteiger partial charge on any atom is -0.759 e. The van der Waals surface area contributed by atoms with Crippen molar-refractivity contribution in [1.29, 1.82) is 5.26 Å². The van der Waals surface area contributed by atoms with Gasteiger partial charge in [-0.25, -0.2) is 4.79 Å². The van der Waals surface area contributed by atoms with Gasteiger partial charge < -0.3 is 17.4 Å². The van der Waals surface area contributed by atoms with Crippen LogP contribution in [0.2, 0.25) is 0 Å². The summed E-state index contributed by atoms with van der Waals surface area (Å²) >= 11 is 4.89. The molecule has 4 nitrogen and oxygen atoms in total. The third kappa shape index (κ3) is 2.42. The summed E-state index contributed by atoms with van der Waals surface area (Å²) in [6.45, 7) is 3.67. The second-order valence-corrected chi connectivity index (χ2v) is 3.21. The quantitative estimate of drug-likeness (QED) is 0.557. The first-order valence-electron chi connectivity index (χ1n) is 4.36. The average molecular weight is 221 g/mol. The Morgan fingerprint density at radius 1 is 1.73 bits per heavy atom. The first-order chi connectivity index (χ1) is 7.10. The lowest BCUT2D eigenvalue weighted by Gasteiger charge is -2.12. The summed E-state index contributed by atoms with van der Waals surface area (Å²) < 4.78 is 4.82. The third-order valence-corrected chi connectivity index (χ3v) is 2.02. The van der Waals surface area contributed by atoms with Crippen molar-refractivity contribution in [3.8, 4) is 6.07 Å². The molecule has 1 aromatic rings. The first-order valence-corrected chi connectivity index (χ1v) is 4.76. The zero-order valence-electron chi connectivity index (χ0n) is 8.40. The van der Waals surface area contributed by atoms with Crippen LogP contribution in [0.5, 0.6) is 0 Å². The van der Waals surface area contributed by atoms with Crippen LogP contribution >= 0.6 is 0 Å². The molecule has 15 heavy (non-hydrogen) atoms. The van der Waals surface area contributed by atoms with Crippen LogP contribution in [0, 0.1) is 18.3 Å². The molecule has 0 atom stereocenters. The highest BCUT2D eigenvalue weighted by atomic mass is 32.1. The highest BCUT2D eigenvalue weighted by molar-refractivity contribution is 7.58. The van der Waals surface area contributed by atoms with Crippen LogP contribution in [0.1, 0.15) is 28.5 Å². The van der Waals surface area contributed by atoms with Crippen LogP contribution in [-0.2, 0) is 17.4 Å². The second kappa shape index (κ2) is 4.71. The molecule has 0 saturated carbocycles. The Bertz CT molecular complexity index is 438. The number of pyridine rings is 1. The molecule has 0 spiro atoms. The summed E-state index contributed by atoms with van der Waals surface area (Å²) in [6.07, 6.45) is 0. The van der Waals surface area contributed by atoms with Gasteiger partial charge >= 0.3 is 5.97 Å². The number of ether oxygens (including phenoxy) is 1. The van der Waals surface area contributed by atoms with Crippen LogP contribution in [-0.4, -0.2) is 17.6 Å². The number of esters is 1. The fourth-order valence-electron chi connectivity index (χ4n) is 1.12. The van der Waals surface area contributed by atoms with Gasteiger partial charge in [0.25, 0.3) is 0 Å². The van der Waals surface area contributed by atoms with Gasteiger partial charge in [-0.3, -0.25) is 4.98 Å². The second-order valence-electron chi connectivity index (χ2n) is 2.82. The maximum Gasteiger partial charge on any atom is 0.339 e. The van der Waals surface area contributed by atoms with Crippen molar-refractivity contribution in [3.05, 3.63) is 22.9 Å². The van der Waals surface area contributed by atoms with E-state index in [1.165, 1.54) is 6.07 Å². The Labute approximate surface area is 93.3 Å². The normalized spacial score (nSPS) is 9.40. The minimum atomic E-state index is -0.536. The molecule has 1 heterocycles. The molecule has 1 aromatic heterocycles. The number of aromatic nitrogens is 1. The topological polar surface area (TPSA) is 63.0 Å². The Hall–Kier alpha value is -1.67. The monoisotopic (exact) mass is 221 g/mol. The molecule has 0 aromatic carbocycles. The molecule has 78 valence electrons. The maximum atomic E-state index is 11.5. The molecule has 0 unspecified atom stereocenters. The van der Waals surface area contributed by atoms with Crippen LogP contribution in [0.25, 0.3) is 0 Å². The fraction of sp³-hybridized carbons (Fsp3) is 0.300. The average Bonchev–Trinajstić information content (AvgIpc) is 2.17. The van der Waals surface area contributed by atoms with E-state index in [0.717, 1.165) is 0 Å². The molecule has 0 N–H and O–H groups in total. The van der Waals surface area contributed by atoms with Crippen molar-refractivity contribution >= 4 is 18.6 Å². The van der Waals surface area contributed by atoms with Gasteiger partial charge in [-0.2, -0.15) is 5.26 Å². The number of hydrogen-bond donors (Lipinski definition) is 0. The van der Waals surface area contributed by atoms with Gasteiger partial charge in [0, 0.05) is 5.69 Å². The lowest BCUT2D eigenvalue weighted by Crippen LogP contribution is -2.09. The van der Waals surface area contributed by atoms with Crippen molar-refractivity contribution in [2.24, 2.45) is 0 Å². The minimum absolute atomic E-state index is 0.106. The Morgan fingerprint density at radius 2 is 2.40 bits per heavy atom. The van der Waals surface area contributed by atoms with E-state index in [-0.39, 0.29) is 22.8 Å². The lowest BCUT2D eigenvalue weighted by molar-refractivity contribution is 0.0525. The zero-order valence-corrected chi connectivity index (χ0v) is 9.22. The van der Waals surface area contributed by atoms with Crippen molar-refractivity contribution < 1.29 is 9.53 Å². The van der Waals surface area contributed by atoms with Gasteiger partial charge in [0.1, 0.15) is 6.07 Å². The van der Waals surface area contributed by atoms with Crippen LogP contribution < -0.4 is 0 Å². The van der Waals surface area contributed by atoms with Gasteiger partial charge in [0.15, 0.2) is 0 Å². The predicted molar refractivity (Wildman–Crippen MR) is 55.3 cm³/mol. The SMILES string of the molecule is CCOC(=O)c1cc(C)nc([S-])c1C#N. The lowest BCUT2D eigenvalue weighted by atomic mass is 10.1. The van der Waals surface area contributed by atoms with Crippen molar-refractivity contribution in [1.82, 2.24) is 4.98 Å². The number of rotatable bonds is 2. The van der Waals surface area contributed by atoms with Gasteiger partial charge in [-0.1, -0.05) is 5.03 Å². The Morgan fingerprint density at radius 3 is 2.93 bits per heavy atom. The summed E-state index contributed by atoms with van der Waals surface area (Å²) in [5.74, 6) is -0.536. The number of carbonyl (C=O) groups excluding carboxylic acids is 1. The summed E-state index contributed by atoms with van der Waals surface area (Å²) in [5, 5.41) is 8.98. The smallest absolute Gasteiger partial charge is 0.339 e. The number of hydrogen-bond acceptors (Lipinski definition) is 5. The summed E-state index contributed by atoms with van der Waals surface area (Å²) in [4.78, 5) is 15.4. The summed E-state index contributed by atoms with van der Waals surface area (Å²) in [6, 6.07) is 3.37. The molecule has 0 bridgehead atoms. The van der Waals surface area contributed by atoms with E-state index >= 15 is 0 Å². The number of nitrogens with zero attached hydrogens (tertiary/aromatic N) is 2. The van der Waals surface area contributed by atoms with E-state index in [9.17, 15) is 4.79 Å². The third-order valence-electron chi connectivity index (χ3n) is 1.72. The maximum absolute atomic E-state index is 11.5. The zero-order chi connectivity index (χ0) is 11.4. The predicted octanol–water partition coefficient (Wildman–Crippen LogP) is 1.34. The van der Waals surface area contributed by atoms with Gasteiger partial charge in [0.05, 0.1) is 17.7 Å². The largest absolute Gasteiger partial charge is 0.759 e. The Balaban J connectivity index is 3.28. The molecule has 0 aliphatic rings. The van der Waals surface area contributed by atoms with Gasteiger partial charge in [0.2, 0.25) is 0 Å².